The summed E-state index contributed by atoms with van der Waals surface area (Å²) >= 11 is 0. The van der Waals surface area contributed by atoms with E-state index in [4.69, 9.17) is 9.15 Å². The number of hydrogen-bond donors (Lipinski definition) is 2. The zero-order valence-corrected chi connectivity index (χ0v) is 17.5. The molecule has 3 rings (SSSR count). The molecule has 0 spiro atoms. The van der Waals surface area contributed by atoms with E-state index in [2.05, 4.69) is 15.5 Å². The number of aromatic amines is 1. The van der Waals surface area contributed by atoms with Crippen LogP contribution >= 0.6 is 0 Å². The van der Waals surface area contributed by atoms with Gasteiger partial charge < -0.3 is 14.5 Å². The summed E-state index contributed by atoms with van der Waals surface area (Å²) in [5, 5.41) is 8.43. The van der Waals surface area contributed by atoms with Gasteiger partial charge in [0.2, 0.25) is 0 Å². The molecule has 1 amide bonds. The molecule has 0 saturated carbocycles. The van der Waals surface area contributed by atoms with Gasteiger partial charge in [0.25, 0.3) is 0 Å². The van der Waals surface area contributed by atoms with Gasteiger partial charge in [-0.3, -0.25) is 9.59 Å². The first-order chi connectivity index (χ1) is 15.0. The first-order valence-corrected chi connectivity index (χ1v) is 10.1. The van der Waals surface area contributed by atoms with Gasteiger partial charge in [0.15, 0.2) is 0 Å². The summed E-state index contributed by atoms with van der Waals surface area (Å²) in [4.78, 5) is 35.6. The number of carbonyl (C=O) groups is 2. The van der Waals surface area contributed by atoms with Crippen LogP contribution in [0, 0.1) is 5.92 Å². The third-order valence-electron chi connectivity index (χ3n) is 4.84. The molecule has 1 heterocycles. The molecule has 3 aromatic rings. The highest BCUT2D eigenvalue weighted by Gasteiger charge is 2.24. The molecule has 0 radical (unpaired) electrons. The van der Waals surface area contributed by atoms with Crippen molar-refractivity contribution in [3.8, 4) is 11.1 Å². The topological polar surface area (TPSA) is 114 Å². The fourth-order valence-corrected chi connectivity index (χ4v) is 3.32. The molecule has 8 nitrogen and oxygen atoms in total. The Kier molecular flexibility index (Phi) is 7.37. The first-order valence-electron chi connectivity index (χ1n) is 10.1. The Bertz CT molecular complexity index is 1060. The number of aromatic nitrogens is 2. The molecule has 0 bridgehead atoms. The molecular formula is C23H25N3O5. The molecule has 162 valence electrons. The lowest BCUT2D eigenvalue weighted by molar-refractivity contribution is -0.147. The predicted molar refractivity (Wildman–Crippen MR) is 114 cm³/mol. The van der Waals surface area contributed by atoms with E-state index in [-0.39, 0.29) is 11.9 Å². The maximum Gasteiger partial charge on any atom is 0.434 e. The summed E-state index contributed by atoms with van der Waals surface area (Å²) in [6, 6.07) is 17.6. The molecule has 0 aliphatic heterocycles. The zero-order chi connectivity index (χ0) is 22.2. The predicted octanol–water partition coefficient (Wildman–Crippen LogP) is 2.96. The van der Waals surface area contributed by atoms with Gasteiger partial charge in [-0.1, -0.05) is 61.5 Å². The van der Waals surface area contributed by atoms with Crippen LogP contribution < -0.4 is 11.1 Å². The van der Waals surface area contributed by atoms with Gasteiger partial charge in [-0.15, -0.1) is 5.10 Å². The third-order valence-corrected chi connectivity index (χ3v) is 4.84. The van der Waals surface area contributed by atoms with E-state index in [0.717, 1.165) is 16.7 Å². The quantitative estimate of drug-likeness (QED) is 0.512. The molecule has 0 aliphatic carbocycles. The Labute approximate surface area is 179 Å². The van der Waals surface area contributed by atoms with Crippen LogP contribution in [-0.4, -0.2) is 34.7 Å². The molecule has 0 fully saturated rings. The van der Waals surface area contributed by atoms with Crippen molar-refractivity contribution in [2.45, 2.75) is 32.7 Å². The Balaban J connectivity index is 1.74. The molecule has 1 aromatic heterocycles. The second kappa shape index (κ2) is 10.4. The normalized spacial score (nSPS) is 12.7. The van der Waals surface area contributed by atoms with Crippen molar-refractivity contribution < 1.29 is 18.7 Å². The van der Waals surface area contributed by atoms with Crippen LogP contribution in [0.15, 0.2) is 63.8 Å². The van der Waals surface area contributed by atoms with E-state index in [1.165, 1.54) is 0 Å². The number of esters is 1. The SMILES string of the molecule is CCOC(=O)[C@H](C)C[C@@H](Cc1ccc(-c2ccccc2)cc1)NC(=O)c1n[nH]c(=O)o1. The fraction of sp³-hybridized carbons (Fsp3) is 0.304. The Hall–Kier alpha value is -3.68. The van der Waals surface area contributed by atoms with Crippen molar-refractivity contribution in [2.75, 3.05) is 6.61 Å². The smallest absolute Gasteiger partial charge is 0.434 e. The number of nitrogens with zero attached hydrogens (tertiary/aromatic N) is 1. The number of ether oxygens (including phenoxy) is 1. The van der Waals surface area contributed by atoms with Crippen molar-refractivity contribution in [1.29, 1.82) is 0 Å². The fourth-order valence-electron chi connectivity index (χ4n) is 3.32. The van der Waals surface area contributed by atoms with Crippen LogP contribution in [0.1, 0.15) is 36.5 Å². The molecule has 0 aliphatic rings. The molecule has 0 unspecified atom stereocenters. The third kappa shape index (κ3) is 6.15. The van der Waals surface area contributed by atoms with E-state index in [1.807, 2.05) is 54.6 Å². The summed E-state index contributed by atoms with van der Waals surface area (Å²) in [5.41, 5.74) is 3.19. The minimum atomic E-state index is -0.807. The number of carbonyl (C=O) groups excluding carboxylic acids is 2. The second-order valence-electron chi connectivity index (χ2n) is 7.24. The summed E-state index contributed by atoms with van der Waals surface area (Å²) in [5.74, 6) is -2.52. The Morgan fingerprint density at radius 1 is 1.10 bits per heavy atom. The van der Waals surface area contributed by atoms with Crippen LogP contribution in [0.25, 0.3) is 11.1 Å². The van der Waals surface area contributed by atoms with Gasteiger partial charge in [-0.25, -0.2) is 9.89 Å². The molecule has 0 saturated heterocycles. The van der Waals surface area contributed by atoms with E-state index in [9.17, 15) is 14.4 Å². The number of amides is 1. The molecule has 2 atom stereocenters. The lowest BCUT2D eigenvalue weighted by atomic mass is 9.95. The minimum Gasteiger partial charge on any atom is -0.466 e. The average molecular weight is 423 g/mol. The van der Waals surface area contributed by atoms with Crippen LogP contribution in [0.5, 0.6) is 0 Å². The van der Waals surface area contributed by atoms with Crippen molar-refractivity contribution in [3.63, 3.8) is 0 Å². The highest BCUT2D eigenvalue weighted by Crippen LogP contribution is 2.21. The van der Waals surface area contributed by atoms with Crippen molar-refractivity contribution in [2.24, 2.45) is 5.92 Å². The van der Waals surface area contributed by atoms with Crippen LogP contribution in [0.2, 0.25) is 0 Å². The number of benzene rings is 2. The van der Waals surface area contributed by atoms with Crippen LogP contribution in [-0.2, 0) is 16.0 Å². The maximum atomic E-state index is 12.4. The number of H-pyrrole nitrogens is 1. The maximum absolute atomic E-state index is 12.4. The largest absolute Gasteiger partial charge is 0.466 e. The number of hydrogen-bond acceptors (Lipinski definition) is 6. The van der Waals surface area contributed by atoms with Gasteiger partial charge in [0.05, 0.1) is 12.5 Å². The van der Waals surface area contributed by atoms with Crippen LogP contribution in [0.3, 0.4) is 0 Å². The lowest BCUT2D eigenvalue weighted by Crippen LogP contribution is -2.39. The highest BCUT2D eigenvalue weighted by atomic mass is 16.5. The average Bonchev–Trinajstić information content (AvgIpc) is 3.21. The van der Waals surface area contributed by atoms with Gasteiger partial charge in [-0.05, 0) is 36.5 Å². The lowest BCUT2D eigenvalue weighted by Gasteiger charge is -2.21. The minimum absolute atomic E-state index is 0.291. The monoisotopic (exact) mass is 423 g/mol. The zero-order valence-electron chi connectivity index (χ0n) is 17.5. The van der Waals surface area contributed by atoms with Crippen molar-refractivity contribution in [1.82, 2.24) is 15.5 Å². The van der Waals surface area contributed by atoms with Crippen molar-refractivity contribution >= 4 is 11.9 Å². The van der Waals surface area contributed by atoms with E-state index >= 15 is 0 Å². The highest BCUT2D eigenvalue weighted by molar-refractivity contribution is 5.89. The summed E-state index contributed by atoms with van der Waals surface area (Å²) in [6.45, 7) is 3.79. The van der Waals surface area contributed by atoms with Gasteiger partial charge in [-0.2, -0.15) is 0 Å². The van der Waals surface area contributed by atoms with Gasteiger partial charge in [0, 0.05) is 6.04 Å². The molecule has 2 aromatic carbocycles. The van der Waals surface area contributed by atoms with Gasteiger partial charge >= 0.3 is 23.5 Å². The molecular weight excluding hydrogens is 398 g/mol. The standard InChI is InChI=1S/C23H25N3O5/c1-3-30-22(28)15(2)13-19(24-20(27)21-25-26-23(29)31-21)14-16-9-11-18(12-10-16)17-7-5-4-6-8-17/h4-12,15,19H,3,13-14H2,1-2H3,(H,24,27)(H,26,29)/t15-,19+/m1/s1. The Morgan fingerprint density at radius 2 is 1.77 bits per heavy atom. The summed E-state index contributed by atoms with van der Waals surface area (Å²) < 4.78 is 9.81. The second-order valence-corrected chi connectivity index (χ2v) is 7.24. The summed E-state index contributed by atoms with van der Waals surface area (Å²) in [6.07, 6.45) is 0.846. The number of nitrogens with one attached hydrogen (secondary N) is 2. The van der Waals surface area contributed by atoms with E-state index in [1.54, 1.807) is 13.8 Å². The van der Waals surface area contributed by atoms with Crippen LogP contribution in [0.4, 0.5) is 0 Å². The van der Waals surface area contributed by atoms with Crippen molar-refractivity contribution in [3.05, 3.63) is 76.6 Å². The molecule has 31 heavy (non-hydrogen) atoms. The Morgan fingerprint density at radius 3 is 2.39 bits per heavy atom. The van der Waals surface area contributed by atoms with E-state index < -0.39 is 23.6 Å². The molecule has 8 heteroatoms. The van der Waals surface area contributed by atoms with E-state index in [0.29, 0.717) is 19.4 Å². The number of rotatable bonds is 9. The van der Waals surface area contributed by atoms with Gasteiger partial charge in [0.1, 0.15) is 0 Å². The first kappa shape index (κ1) is 22.0. The summed E-state index contributed by atoms with van der Waals surface area (Å²) in [7, 11) is 0. The molecule has 2 N–H and O–H groups in total.